The molecule has 0 aromatic carbocycles. The van der Waals surface area contributed by atoms with Crippen molar-refractivity contribution >= 4 is 0 Å². The van der Waals surface area contributed by atoms with E-state index in [0.29, 0.717) is 0 Å². The van der Waals surface area contributed by atoms with Crippen molar-refractivity contribution in [1.29, 1.82) is 0 Å². The molecule has 0 radical (unpaired) electrons. The third-order valence-corrected chi connectivity index (χ3v) is 3.05. The first-order valence-corrected chi connectivity index (χ1v) is 5.05. The minimum absolute atomic E-state index is 0. The largest absolute Gasteiger partial charge is 1.00 e. The van der Waals surface area contributed by atoms with Gasteiger partial charge in [0.15, 0.2) is 0 Å². The minimum Gasteiger partial charge on any atom is -1.00 e. The van der Waals surface area contributed by atoms with Gasteiger partial charge in [-0.15, -0.1) is 0 Å². The molecule has 2 fully saturated rings. The third kappa shape index (κ3) is 6.79. The first kappa shape index (κ1) is 17.8. The number of hydrogen-bond donors (Lipinski definition) is 0. The molecule has 0 spiro atoms. The van der Waals surface area contributed by atoms with Crippen LogP contribution in [0.1, 0.15) is 12.8 Å². The molecule has 2 aliphatic rings. The van der Waals surface area contributed by atoms with Crippen molar-refractivity contribution in [2.24, 2.45) is 0 Å². The van der Waals surface area contributed by atoms with E-state index < -0.39 is 0 Å². The highest BCUT2D eigenvalue weighted by molar-refractivity contribution is 4.45. The van der Waals surface area contributed by atoms with Gasteiger partial charge in [-0.2, -0.15) is 0 Å². The van der Waals surface area contributed by atoms with Crippen molar-refractivity contribution < 1.29 is 56.9 Å². The van der Waals surface area contributed by atoms with E-state index >= 15 is 0 Å². The molecule has 0 N–H and O–H groups in total. The van der Waals surface area contributed by atoms with Crippen LogP contribution in [0, 0.1) is 0 Å². The summed E-state index contributed by atoms with van der Waals surface area (Å²) in [6, 6.07) is 0. The van der Waals surface area contributed by atoms with Gasteiger partial charge in [0.25, 0.3) is 0 Å². The van der Waals surface area contributed by atoms with Gasteiger partial charge >= 0.3 is 0 Å². The van der Waals surface area contributed by atoms with Crippen LogP contribution in [0.5, 0.6) is 0 Å². The molecule has 0 saturated carbocycles. The second kappa shape index (κ2) is 6.85. The predicted molar refractivity (Wildman–Crippen MR) is 52.9 cm³/mol. The van der Waals surface area contributed by atoms with Gasteiger partial charge in [0.2, 0.25) is 0 Å². The van der Waals surface area contributed by atoms with Crippen LogP contribution in [0.25, 0.3) is 0 Å². The Morgan fingerprint density at radius 1 is 0.571 bits per heavy atom. The highest BCUT2D eigenvalue weighted by atomic mass is 127. The summed E-state index contributed by atoms with van der Waals surface area (Å²) in [7, 11) is 9.07. The van der Waals surface area contributed by atoms with Gasteiger partial charge in [-0.3, -0.25) is 0 Å². The Hall–Kier alpha value is 1.38. The number of quaternary nitrogens is 2. The van der Waals surface area contributed by atoms with Crippen LogP contribution in [0.2, 0.25) is 0 Å². The minimum atomic E-state index is 0. The first-order chi connectivity index (χ1) is 5.41. The molecule has 4 heteroatoms. The fraction of sp³-hybridized carbons (Fsp3) is 1.00. The maximum Gasteiger partial charge on any atom is 0.0836 e. The van der Waals surface area contributed by atoms with Gasteiger partial charge in [0.05, 0.1) is 54.4 Å². The third-order valence-electron chi connectivity index (χ3n) is 3.05. The van der Waals surface area contributed by atoms with E-state index in [2.05, 4.69) is 28.2 Å². The summed E-state index contributed by atoms with van der Waals surface area (Å²) in [5.74, 6) is 0. The van der Waals surface area contributed by atoms with E-state index in [1.54, 1.807) is 0 Å². The maximum atomic E-state index is 2.27. The molecule has 14 heavy (non-hydrogen) atoms. The molecule has 88 valence electrons. The topological polar surface area (TPSA) is 0 Å². The Kier molecular flexibility index (Phi) is 8.70. The molecule has 0 amide bonds. The fourth-order valence-corrected chi connectivity index (χ4v) is 1.58. The van der Waals surface area contributed by atoms with Crippen LogP contribution in [-0.2, 0) is 0 Å². The lowest BCUT2D eigenvalue weighted by Crippen LogP contribution is -3.00. The molecule has 2 heterocycles. The lowest BCUT2D eigenvalue weighted by Gasteiger charge is -2.37. The highest BCUT2D eigenvalue weighted by Gasteiger charge is 2.24. The van der Waals surface area contributed by atoms with Crippen LogP contribution >= 0.6 is 0 Å². The zero-order valence-corrected chi connectivity index (χ0v) is 14.2. The molecule has 0 aromatic rings. The summed E-state index contributed by atoms with van der Waals surface area (Å²) < 4.78 is 2.50. The molecule has 0 aromatic heterocycles. The van der Waals surface area contributed by atoms with Crippen molar-refractivity contribution in [3.8, 4) is 0 Å². The van der Waals surface area contributed by atoms with Gasteiger partial charge in [0, 0.05) is 12.8 Å². The van der Waals surface area contributed by atoms with Crippen molar-refractivity contribution in [3.05, 3.63) is 0 Å². The molecular formula is C10H24I2N2. The van der Waals surface area contributed by atoms with Crippen LogP contribution in [0.3, 0.4) is 0 Å². The Bertz CT molecular complexity index is 128. The summed E-state index contributed by atoms with van der Waals surface area (Å²) in [6.07, 6.45) is 2.88. The average Bonchev–Trinajstić information content (AvgIpc) is 1.83. The SMILES string of the molecule is C[N+]1(C)CCC1.C[N+]1(C)CCC1.[I-].[I-]. The second-order valence-electron chi connectivity index (χ2n) is 5.47. The maximum absolute atomic E-state index is 2.27. The smallest absolute Gasteiger partial charge is 0.0836 e. The molecule has 2 rings (SSSR count). The fourth-order valence-electron chi connectivity index (χ4n) is 1.58. The zero-order valence-electron chi connectivity index (χ0n) is 9.89. The summed E-state index contributed by atoms with van der Waals surface area (Å²) in [6.45, 7) is 5.56. The van der Waals surface area contributed by atoms with Gasteiger partial charge < -0.3 is 56.9 Å². The molecule has 0 unspecified atom stereocenters. The molecule has 0 bridgehead atoms. The van der Waals surface area contributed by atoms with Crippen LogP contribution < -0.4 is 48.0 Å². The average molecular weight is 426 g/mol. The molecule has 0 aliphatic carbocycles. The lowest BCUT2D eigenvalue weighted by atomic mass is 10.2. The summed E-state index contributed by atoms with van der Waals surface area (Å²) in [5.41, 5.74) is 0. The number of halogens is 2. The van der Waals surface area contributed by atoms with Gasteiger partial charge in [-0.25, -0.2) is 0 Å². The van der Waals surface area contributed by atoms with Crippen LogP contribution in [0.15, 0.2) is 0 Å². The summed E-state index contributed by atoms with van der Waals surface area (Å²) >= 11 is 0. The zero-order chi connectivity index (χ0) is 9.24. The number of hydrogen-bond acceptors (Lipinski definition) is 0. The quantitative estimate of drug-likeness (QED) is 0.269. The monoisotopic (exact) mass is 426 g/mol. The van der Waals surface area contributed by atoms with Crippen molar-refractivity contribution in [3.63, 3.8) is 0 Å². The Morgan fingerprint density at radius 3 is 0.714 bits per heavy atom. The number of likely N-dealkylation sites (tertiary alicyclic amines) is 2. The van der Waals surface area contributed by atoms with E-state index in [0.717, 1.165) is 0 Å². The Labute approximate surface area is 123 Å². The Balaban J connectivity index is 0. The summed E-state index contributed by atoms with van der Waals surface area (Å²) in [4.78, 5) is 0. The normalized spacial score (nSPS) is 24.9. The van der Waals surface area contributed by atoms with E-state index in [1.165, 1.54) is 48.0 Å². The molecule has 2 aliphatic heterocycles. The lowest BCUT2D eigenvalue weighted by molar-refractivity contribution is -0.927. The van der Waals surface area contributed by atoms with E-state index in [4.69, 9.17) is 0 Å². The molecular weight excluding hydrogens is 402 g/mol. The molecule has 2 saturated heterocycles. The Morgan fingerprint density at radius 2 is 0.714 bits per heavy atom. The van der Waals surface area contributed by atoms with Gasteiger partial charge in [0.1, 0.15) is 0 Å². The number of nitrogens with zero attached hydrogens (tertiary/aromatic N) is 2. The van der Waals surface area contributed by atoms with Gasteiger partial charge in [-0.05, 0) is 0 Å². The predicted octanol–water partition coefficient (Wildman–Crippen LogP) is -5.06. The van der Waals surface area contributed by atoms with Crippen LogP contribution in [-0.4, -0.2) is 63.3 Å². The van der Waals surface area contributed by atoms with E-state index in [-0.39, 0.29) is 48.0 Å². The van der Waals surface area contributed by atoms with Gasteiger partial charge in [-0.1, -0.05) is 0 Å². The van der Waals surface area contributed by atoms with Crippen molar-refractivity contribution in [2.75, 3.05) is 54.4 Å². The van der Waals surface area contributed by atoms with E-state index in [1.807, 2.05) is 0 Å². The second-order valence-corrected chi connectivity index (χ2v) is 5.47. The number of rotatable bonds is 0. The van der Waals surface area contributed by atoms with Crippen molar-refractivity contribution in [2.45, 2.75) is 12.8 Å². The standard InChI is InChI=1S/2C5H12N.2HI/c2*1-6(2)4-3-5-6;;/h2*3-5H2,1-2H3;2*1H/q2*+1;;/p-2. The molecule has 0 atom stereocenters. The first-order valence-electron chi connectivity index (χ1n) is 5.05. The van der Waals surface area contributed by atoms with Crippen LogP contribution in [0.4, 0.5) is 0 Å². The highest BCUT2D eigenvalue weighted by Crippen LogP contribution is 2.10. The summed E-state index contributed by atoms with van der Waals surface area (Å²) in [5, 5.41) is 0. The van der Waals surface area contributed by atoms with Crippen molar-refractivity contribution in [1.82, 2.24) is 0 Å². The van der Waals surface area contributed by atoms with E-state index in [9.17, 15) is 0 Å². The molecule has 2 nitrogen and oxygen atoms in total.